The van der Waals surface area contributed by atoms with Crippen molar-refractivity contribution in [1.82, 2.24) is 14.5 Å². The van der Waals surface area contributed by atoms with Gasteiger partial charge in [0.25, 0.3) is 17.4 Å². The van der Waals surface area contributed by atoms with Crippen molar-refractivity contribution < 1.29 is 9.59 Å². The number of aromatic nitrogens is 3. The first-order chi connectivity index (χ1) is 13.0. The van der Waals surface area contributed by atoms with E-state index in [4.69, 9.17) is 5.73 Å². The van der Waals surface area contributed by atoms with Gasteiger partial charge in [-0.15, -0.1) is 0 Å². The number of hydrogen-bond acceptors (Lipinski definition) is 5. The number of carbonyl (C=O) groups excluding carboxylic acids is 2. The predicted octanol–water partition coefficient (Wildman–Crippen LogP) is 0.331. The molecule has 9 nitrogen and oxygen atoms in total. The van der Waals surface area contributed by atoms with Gasteiger partial charge >= 0.3 is 5.69 Å². The number of pyridine rings is 1. The highest BCUT2D eigenvalue weighted by molar-refractivity contribution is 6.08. The zero-order valence-electron chi connectivity index (χ0n) is 14.0. The molecule has 0 saturated carbocycles. The van der Waals surface area contributed by atoms with E-state index in [1.165, 1.54) is 18.3 Å². The summed E-state index contributed by atoms with van der Waals surface area (Å²) in [6.45, 7) is -0.0893. The molecule has 0 fully saturated rings. The van der Waals surface area contributed by atoms with Crippen molar-refractivity contribution in [2.45, 2.75) is 6.54 Å². The molecule has 136 valence electrons. The van der Waals surface area contributed by atoms with E-state index in [1.807, 2.05) is 0 Å². The Morgan fingerprint density at radius 2 is 1.81 bits per heavy atom. The molecule has 0 radical (unpaired) electrons. The van der Waals surface area contributed by atoms with Crippen molar-refractivity contribution in [1.29, 1.82) is 0 Å². The van der Waals surface area contributed by atoms with Crippen LogP contribution < -0.4 is 22.3 Å². The maximum absolute atomic E-state index is 12.6. The molecule has 9 heteroatoms. The van der Waals surface area contributed by atoms with Gasteiger partial charge in [-0.25, -0.2) is 4.79 Å². The van der Waals surface area contributed by atoms with Crippen molar-refractivity contribution >= 4 is 17.5 Å². The van der Waals surface area contributed by atoms with E-state index >= 15 is 0 Å². The summed E-state index contributed by atoms with van der Waals surface area (Å²) >= 11 is 0. The molecule has 0 aliphatic heterocycles. The highest BCUT2D eigenvalue weighted by Gasteiger charge is 2.17. The molecule has 3 aromatic rings. The number of nitrogens with two attached hydrogens (primary N) is 1. The number of benzene rings is 1. The summed E-state index contributed by atoms with van der Waals surface area (Å²) in [5, 5.41) is 2.47. The highest BCUT2D eigenvalue weighted by Crippen LogP contribution is 2.14. The van der Waals surface area contributed by atoms with E-state index in [-0.39, 0.29) is 23.4 Å². The number of carbonyl (C=O) groups is 2. The number of anilines is 1. The zero-order valence-corrected chi connectivity index (χ0v) is 14.0. The van der Waals surface area contributed by atoms with Crippen LogP contribution in [0.4, 0.5) is 5.69 Å². The minimum atomic E-state index is -0.779. The molecule has 0 aliphatic rings. The Kier molecular flexibility index (Phi) is 4.93. The highest BCUT2D eigenvalue weighted by atomic mass is 16.2. The van der Waals surface area contributed by atoms with Gasteiger partial charge in [0.2, 0.25) is 0 Å². The van der Waals surface area contributed by atoms with Crippen LogP contribution >= 0.6 is 0 Å². The molecule has 4 N–H and O–H groups in total. The molecular formula is C18H15N5O4. The van der Waals surface area contributed by atoms with Gasteiger partial charge in [0.15, 0.2) is 0 Å². The number of H-pyrrole nitrogens is 1. The summed E-state index contributed by atoms with van der Waals surface area (Å²) in [6, 6.07) is 11.2. The van der Waals surface area contributed by atoms with Crippen LogP contribution in [0.2, 0.25) is 0 Å². The minimum Gasteiger partial charge on any atom is -0.366 e. The van der Waals surface area contributed by atoms with E-state index in [2.05, 4.69) is 15.3 Å². The van der Waals surface area contributed by atoms with E-state index in [0.29, 0.717) is 5.69 Å². The Labute approximate surface area is 152 Å². The molecule has 1 aromatic carbocycles. The molecule has 2 amide bonds. The Bertz CT molecular complexity index is 1120. The van der Waals surface area contributed by atoms with Crippen molar-refractivity contribution in [3.05, 3.63) is 92.5 Å². The molecule has 2 aromatic heterocycles. The van der Waals surface area contributed by atoms with Crippen molar-refractivity contribution in [3.63, 3.8) is 0 Å². The third-order valence-corrected chi connectivity index (χ3v) is 3.79. The van der Waals surface area contributed by atoms with Gasteiger partial charge in [-0.05, 0) is 24.3 Å². The molecule has 27 heavy (non-hydrogen) atoms. The zero-order chi connectivity index (χ0) is 19.4. The molecule has 0 saturated heterocycles. The number of rotatable bonds is 5. The molecule has 2 heterocycles. The molecule has 3 rings (SSSR count). The molecule has 0 bridgehead atoms. The normalized spacial score (nSPS) is 10.4. The Hall–Kier alpha value is -4.01. The van der Waals surface area contributed by atoms with Crippen LogP contribution in [-0.4, -0.2) is 26.3 Å². The van der Waals surface area contributed by atoms with Crippen LogP contribution in [0.25, 0.3) is 0 Å². The van der Waals surface area contributed by atoms with Gasteiger partial charge in [-0.1, -0.05) is 18.2 Å². The van der Waals surface area contributed by atoms with Crippen LogP contribution in [0.5, 0.6) is 0 Å². The second-order valence-corrected chi connectivity index (χ2v) is 5.58. The Morgan fingerprint density at radius 3 is 2.52 bits per heavy atom. The van der Waals surface area contributed by atoms with Crippen LogP contribution in [0.15, 0.2) is 64.4 Å². The number of hydrogen-bond donors (Lipinski definition) is 3. The number of nitrogens with zero attached hydrogens (tertiary/aromatic N) is 2. The predicted molar refractivity (Wildman–Crippen MR) is 97.6 cm³/mol. The monoisotopic (exact) mass is 365 g/mol. The summed E-state index contributed by atoms with van der Waals surface area (Å²) in [4.78, 5) is 55.0. The Morgan fingerprint density at radius 1 is 1.07 bits per heavy atom. The van der Waals surface area contributed by atoms with Crippen LogP contribution in [0.3, 0.4) is 0 Å². The average Bonchev–Trinajstić information content (AvgIpc) is 2.66. The number of amides is 2. The molecular weight excluding hydrogens is 350 g/mol. The SMILES string of the molecule is NC(=O)c1ccccc1NC(=O)c1c[nH]c(=O)n(Cc2ccccn2)c1=O. The van der Waals surface area contributed by atoms with Gasteiger partial charge in [0.05, 0.1) is 23.5 Å². The smallest absolute Gasteiger partial charge is 0.328 e. The third kappa shape index (κ3) is 3.82. The lowest BCUT2D eigenvalue weighted by atomic mass is 10.1. The van der Waals surface area contributed by atoms with Gasteiger partial charge in [-0.3, -0.25) is 23.9 Å². The number of nitrogens with one attached hydrogen (secondary N) is 2. The minimum absolute atomic E-state index is 0.0893. The van der Waals surface area contributed by atoms with Crippen molar-refractivity contribution in [2.24, 2.45) is 5.73 Å². The molecule has 0 atom stereocenters. The third-order valence-electron chi connectivity index (χ3n) is 3.79. The van der Waals surface area contributed by atoms with E-state index < -0.39 is 23.1 Å². The average molecular weight is 365 g/mol. The fraction of sp³-hybridized carbons (Fsp3) is 0.0556. The van der Waals surface area contributed by atoms with Crippen molar-refractivity contribution in [2.75, 3.05) is 5.32 Å². The summed E-state index contributed by atoms with van der Waals surface area (Å²) in [5.41, 5.74) is 4.30. The lowest BCUT2D eigenvalue weighted by Crippen LogP contribution is -2.39. The number of primary amides is 1. The number of para-hydroxylation sites is 1. The first-order valence-electron chi connectivity index (χ1n) is 7.90. The van der Waals surface area contributed by atoms with Gasteiger partial charge in [-0.2, -0.15) is 0 Å². The summed E-state index contributed by atoms with van der Waals surface area (Å²) < 4.78 is 0.872. The van der Waals surface area contributed by atoms with Gasteiger partial charge < -0.3 is 16.0 Å². The molecule has 0 spiro atoms. The van der Waals surface area contributed by atoms with Crippen LogP contribution in [0, 0.1) is 0 Å². The maximum atomic E-state index is 12.6. The van der Waals surface area contributed by atoms with Crippen molar-refractivity contribution in [3.8, 4) is 0 Å². The first-order valence-corrected chi connectivity index (χ1v) is 7.90. The first kappa shape index (κ1) is 17.8. The largest absolute Gasteiger partial charge is 0.366 e. The van der Waals surface area contributed by atoms with E-state index in [0.717, 1.165) is 10.8 Å². The molecule has 0 unspecified atom stereocenters. The summed E-state index contributed by atoms with van der Waals surface area (Å²) in [5.74, 6) is -1.50. The van der Waals surface area contributed by atoms with E-state index in [9.17, 15) is 19.2 Å². The van der Waals surface area contributed by atoms with E-state index in [1.54, 1.807) is 30.3 Å². The number of aromatic amines is 1. The fourth-order valence-electron chi connectivity index (χ4n) is 2.47. The van der Waals surface area contributed by atoms with Gasteiger partial charge in [0, 0.05) is 12.4 Å². The Balaban J connectivity index is 1.95. The second kappa shape index (κ2) is 7.48. The second-order valence-electron chi connectivity index (χ2n) is 5.58. The van der Waals surface area contributed by atoms with Crippen LogP contribution in [-0.2, 0) is 6.54 Å². The summed E-state index contributed by atoms with van der Waals surface area (Å²) in [6.07, 6.45) is 2.56. The fourth-order valence-corrected chi connectivity index (χ4v) is 2.47. The topological polar surface area (TPSA) is 140 Å². The lowest BCUT2D eigenvalue weighted by molar-refractivity contribution is 0.100. The lowest BCUT2D eigenvalue weighted by Gasteiger charge is -2.10. The maximum Gasteiger partial charge on any atom is 0.328 e. The summed E-state index contributed by atoms with van der Waals surface area (Å²) in [7, 11) is 0. The standard InChI is InChI=1S/C18H15N5O4/c19-15(24)12-6-1-2-7-14(12)22-16(25)13-9-21-18(27)23(17(13)26)10-11-5-3-4-8-20-11/h1-9H,10H2,(H2,19,24)(H,21,27)(H,22,25). The quantitative estimate of drug-likeness (QED) is 0.598. The van der Waals surface area contributed by atoms with Gasteiger partial charge in [0.1, 0.15) is 5.56 Å². The van der Waals surface area contributed by atoms with Crippen LogP contribution in [0.1, 0.15) is 26.4 Å². The molecule has 0 aliphatic carbocycles.